The quantitative estimate of drug-likeness (QED) is 0.627. The van der Waals surface area contributed by atoms with Gasteiger partial charge in [0.2, 0.25) is 5.75 Å². The zero-order valence-corrected chi connectivity index (χ0v) is 17.5. The van der Waals surface area contributed by atoms with Gasteiger partial charge in [-0.05, 0) is 53.2 Å². The average Bonchev–Trinajstić information content (AvgIpc) is 2.71. The number of carbonyl (C=O) groups excluding carboxylic acids is 2. The minimum Gasteiger partial charge on any atom is -0.493 e. The van der Waals surface area contributed by atoms with Gasteiger partial charge in [0.1, 0.15) is 5.75 Å². The van der Waals surface area contributed by atoms with Crippen LogP contribution in [-0.2, 0) is 0 Å². The van der Waals surface area contributed by atoms with E-state index in [2.05, 4.69) is 26.8 Å². The first-order chi connectivity index (χ1) is 13.4. The van der Waals surface area contributed by atoms with Gasteiger partial charge in [0.15, 0.2) is 11.5 Å². The van der Waals surface area contributed by atoms with Gasteiger partial charge < -0.3 is 18.9 Å². The lowest BCUT2D eigenvalue weighted by Gasteiger charge is -2.14. The predicted octanol–water partition coefficient (Wildman–Crippen LogP) is 2.95. The predicted molar refractivity (Wildman–Crippen MR) is 106 cm³/mol. The van der Waals surface area contributed by atoms with Crippen LogP contribution in [0.5, 0.6) is 23.0 Å². The van der Waals surface area contributed by atoms with Crippen LogP contribution < -0.4 is 29.8 Å². The highest BCUT2D eigenvalue weighted by Crippen LogP contribution is 2.38. The van der Waals surface area contributed by atoms with Crippen molar-refractivity contribution >= 4 is 27.7 Å². The maximum absolute atomic E-state index is 12.4. The monoisotopic (exact) mass is 452 g/mol. The van der Waals surface area contributed by atoms with Crippen LogP contribution in [0.2, 0.25) is 0 Å². The number of amides is 2. The second kappa shape index (κ2) is 9.84. The van der Waals surface area contributed by atoms with E-state index in [1.807, 2.05) is 6.92 Å². The first kappa shape index (κ1) is 21.4. The highest BCUT2D eigenvalue weighted by atomic mass is 79.9. The van der Waals surface area contributed by atoms with Crippen molar-refractivity contribution in [1.29, 1.82) is 0 Å². The van der Waals surface area contributed by atoms with Gasteiger partial charge in [-0.1, -0.05) is 0 Å². The molecule has 0 fully saturated rings. The molecule has 0 bridgehead atoms. The third kappa shape index (κ3) is 4.86. The van der Waals surface area contributed by atoms with Crippen LogP contribution in [0.25, 0.3) is 0 Å². The molecule has 2 rings (SSSR count). The minimum absolute atomic E-state index is 0.225. The van der Waals surface area contributed by atoms with Gasteiger partial charge in [0, 0.05) is 11.1 Å². The fourth-order valence-corrected chi connectivity index (χ4v) is 2.88. The van der Waals surface area contributed by atoms with Crippen LogP contribution in [-0.4, -0.2) is 39.8 Å². The largest absolute Gasteiger partial charge is 0.493 e. The molecule has 0 aromatic heterocycles. The van der Waals surface area contributed by atoms with Crippen molar-refractivity contribution in [2.24, 2.45) is 0 Å². The number of ether oxygens (including phenoxy) is 4. The van der Waals surface area contributed by atoms with E-state index in [0.717, 1.165) is 0 Å². The van der Waals surface area contributed by atoms with E-state index in [1.54, 1.807) is 18.2 Å². The first-order valence-corrected chi connectivity index (χ1v) is 9.07. The molecule has 0 unspecified atom stereocenters. The van der Waals surface area contributed by atoms with E-state index in [4.69, 9.17) is 18.9 Å². The number of hydrogen-bond acceptors (Lipinski definition) is 6. The lowest BCUT2D eigenvalue weighted by atomic mass is 10.1. The molecule has 0 aliphatic carbocycles. The van der Waals surface area contributed by atoms with E-state index in [0.29, 0.717) is 39.6 Å². The number of hydrazine groups is 1. The highest BCUT2D eigenvalue weighted by molar-refractivity contribution is 9.10. The molecule has 2 N–H and O–H groups in total. The van der Waals surface area contributed by atoms with Crippen molar-refractivity contribution < 1.29 is 28.5 Å². The molecule has 9 heteroatoms. The molecule has 2 aromatic carbocycles. The molecule has 0 aliphatic rings. The number of hydrogen-bond donors (Lipinski definition) is 2. The van der Waals surface area contributed by atoms with Crippen LogP contribution in [0.15, 0.2) is 34.8 Å². The van der Waals surface area contributed by atoms with Crippen LogP contribution in [0.4, 0.5) is 0 Å². The Balaban J connectivity index is 2.11. The maximum atomic E-state index is 12.4. The van der Waals surface area contributed by atoms with Gasteiger partial charge in [0.25, 0.3) is 11.8 Å². The second-order valence-electron chi connectivity index (χ2n) is 5.40. The molecular formula is C19H21BrN2O6. The minimum atomic E-state index is -0.544. The number of nitrogens with one attached hydrogen (secondary N) is 2. The number of halogens is 1. The van der Waals surface area contributed by atoms with Gasteiger partial charge in [-0.2, -0.15) is 0 Å². The fraction of sp³-hybridized carbons (Fsp3) is 0.263. The van der Waals surface area contributed by atoms with Gasteiger partial charge in [-0.25, -0.2) is 0 Å². The molecule has 28 heavy (non-hydrogen) atoms. The molecule has 0 atom stereocenters. The zero-order chi connectivity index (χ0) is 20.7. The molecule has 0 radical (unpaired) electrons. The third-order valence-corrected chi connectivity index (χ3v) is 4.33. The van der Waals surface area contributed by atoms with E-state index in [1.165, 1.54) is 33.5 Å². The molecule has 0 saturated carbocycles. The molecule has 2 amide bonds. The molecule has 0 spiro atoms. The summed E-state index contributed by atoms with van der Waals surface area (Å²) in [7, 11) is 4.37. The Morgan fingerprint density at radius 2 is 1.43 bits per heavy atom. The fourth-order valence-electron chi connectivity index (χ4n) is 2.38. The summed E-state index contributed by atoms with van der Waals surface area (Å²) in [5.74, 6) is 0.620. The van der Waals surface area contributed by atoms with Crippen molar-refractivity contribution in [3.8, 4) is 23.0 Å². The number of rotatable bonds is 7. The van der Waals surface area contributed by atoms with Gasteiger partial charge in [-0.15, -0.1) is 0 Å². The third-order valence-electron chi connectivity index (χ3n) is 3.71. The Morgan fingerprint density at radius 1 is 0.857 bits per heavy atom. The Bertz CT molecular complexity index is 846. The average molecular weight is 453 g/mol. The summed E-state index contributed by atoms with van der Waals surface area (Å²) in [6.07, 6.45) is 0. The summed E-state index contributed by atoms with van der Waals surface area (Å²) in [5, 5.41) is 0. The highest BCUT2D eigenvalue weighted by Gasteiger charge is 2.18. The topological polar surface area (TPSA) is 95.1 Å². The van der Waals surface area contributed by atoms with Crippen molar-refractivity contribution in [3.05, 3.63) is 45.9 Å². The van der Waals surface area contributed by atoms with Crippen LogP contribution >= 0.6 is 15.9 Å². The Kier molecular flexibility index (Phi) is 7.51. The summed E-state index contributed by atoms with van der Waals surface area (Å²) in [4.78, 5) is 24.7. The van der Waals surface area contributed by atoms with Gasteiger partial charge in [-0.3, -0.25) is 20.4 Å². The molecule has 0 aliphatic heterocycles. The Morgan fingerprint density at radius 3 is 1.89 bits per heavy atom. The van der Waals surface area contributed by atoms with E-state index >= 15 is 0 Å². The van der Waals surface area contributed by atoms with Crippen LogP contribution in [0.3, 0.4) is 0 Å². The van der Waals surface area contributed by atoms with E-state index < -0.39 is 11.8 Å². The van der Waals surface area contributed by atoms with Crippen LogP contribution in [0.1, 0.15) is 27.6 Å². The molecular weight excluding hydrogens is 432 g/mol. The summed E-state index contributed by atoms with van der Waals surface area (Å²) < 4.78 is 21.7. The lowest BCUT2D eigenvalue weighted by molar-refractivity contribution is 0.0846. The zero-order valence-electron chi connectivity index (χ0n) is 15.9. The summed E-state index contributed by atoms with van der Waals surface area (Å²) in [6, 6.07) is 7.83. The van der Waals surface area contributed by atoms with Gasteiger partial charge in [0.05, 0.1) is 32.4 Å². The molecule has 0 saturated heterocycles. The molecule has 150 valence electrons. The number of benzene rings is 2. The van der Waals surface area contributed by atoms with E-state index in [-0.39, 0.29) is 5.56 Å². The number of methoxy groups -OCH3 is 3. The molecule has 2 aromatic rings. The van der Waals surface area contributed by atoms with Crippen molar-refractivity contribution in [1.82, 2.24) is 10.9 Å². The van der Waals surface area contributed by atoms with E-state index in [9.17, 15) is 9.59 Å². The lowest BCUT2D eigenvalue weighted by Crippen LogP contribution is -2.41. The van der Waals surface area contributed by atoms with Crippen LogP contribution in [0, 0.1) is 0 Å². The van der Waals surface area contributed by atoms with Crippen molar-refractivity contribution in [2.45, 2.75) is 6.92 Å². The summed E-state index contributed by atoms with van der Waals surface area (Å²) in [5.41, 5.74) is 5.30. The normalized spacial score (nSPS) is 10.0. The summed E-state index contributed by atoms with van der Waals surface area (Å²) >= 11 is 3.35. The second-order valence-corrected chi connectivity index (χ2v) is 6.25. The standard InChI is InChI=1S/C19H21BrN2O6/c1-5-28-14-7-6-11(8-13(14)20)18(23)21-22-19(24)12-9-15(25-2)17(27-4)16(10-12)26-3/h6-10H,5H2,1-4H3,(H,21,23)(H,22,24). The Labute approximate surface area is 171 Å². The molecule has 0 heterocycles. The van der Waals surface area contributed by atoms with Crippen molar-refractivity contribution in [3.63, 3.8) is 0 Å². The smallest absolute Gasteiger partial charge is 0.269 e. The molecule has 8 nitrogen and oxygen atoms in total. The first-order valence-electron chi connectivity index (χ1n) is 8.28. The SMILES string of the molecule is CCOc1ccc(C(=O)NNC(=O)c2cc(OC)c(OC)c(OC)c2)cc1Br. The Hall–Kier alpha value is -2.94. The summed E-state index contributed by atoms with van der Waals surface area (Å²) in [6.45, 7) is 2.38. The maximum Gasteiger partial charge on any atom is 0.269 e. The van der Waals surface area contributed by atoms with Gasteiger partial charge >= 0.3 is 0 Å². The number of carbonyl (C=O) groups is 2. The van der Waals surface area contributed by atoms with Crippen molar-refractivity contribution in [2.75, 3.05) is 27.9 Å².